The molecule has 0 atom stereocenters. The van der Waals surface area contributed by atoms with Crippen molar-refractivity contribution in [2.45, 2.75) is 0 Å². The zero-order chi connectivity index (χ0) is 17.1. The molecule has 0 radical (unpaired) electrons. The van der Waals surface area contributed by atoms with Crippen molar-refractivity contribution in [3.05, 3.63) is 72.3 Å². The van der Waals surface area contributed by atoms with E-state index in [1.54, 1.807) is 24.3 Å². The maximum Gasteiger partial charge on any atom is 0.336 e. The molecule has 0 fully saturated rings. The second kappa shape index (κ2) is 6.29. The number of nitrogens with zero attached hydrogens (tertiary/aromatic N) is 2. The lowest BCUT2D eigenvalue weighted by atomic mass is 9.87. The van der Waals surface area contributed by atoms with Crippen LogP contribution in [0.25, 0.3) is 22.3 Å². The van der Waals surface area contributed by atoms with Gasteiger partial charge in [0.15, 0.2) is 0 Å². The summed E-state index contributed by atoms with van der Waals surface area (Å²) in [7, 11) is 0. The van der Waals surface area contributed by atoms with Crippen LogP contribution in [0.15, 0.2) is 61.2 Å². The van der Waals surface area contributed by atoms with Gasteiger partial charge in [0, 0.05) is 35.9 Å². The number of hydrogen-bond donors (Lipinski definition) is 2. The number of carbonyl (C=O) groups is 2. The fourth-order valence-corrected chi connectivity index (χ4v) is 2.60. The number of benzene rings is 1. The molecule has 3 rings (SSSR count). The Kier molecular flexibility index (Phi) is 4.03. The number of hydrogen-bond acceptors (Lipinski definition) is 4. The molecule has 0 bridgehead atoms. The van der Waals surface area contributed by atoms with Crippen molar-refractivity contribution >= 4 is 11.9 Å². The van der Waals surface area contributed by atoms with Gasteiger partial charge >= 0.3 is 11.9 Å². The van der Waals surface area contributed by atoms with Gasteiger partial charge in [0.25, 0.3) is 0 Å². The lowest BCUT2D eigenvalue weighted by Crippen LogP contribution is -2.07. The van der Waals surface area contributed by atoms with Gasteiger partial charge < -0.3 is 10.2 Å². The lowest BCUT2D eigenvalue weighted by molar-refractivity contribution is 0.0682. The first-order valence-corrected chi connectivity index (χ1v) is 7.04. The van der Waals surface area contributed by atoms with E-state index in [-0.39, 0.29) is 11.1 Å². The van der Waals surface area contributed by atoms with Gasteiger partial charge in [0.1, 0.15) is 0 Å². The van der Waals surface area contributed by atoms with Crippen LogP contribution in [0.5, 0.6) is 0 Å². The van der Waals surface area contributed by atoms with E-state index >= 15 is 0 Å². The third-order valence-electron chi connectivity index (χ3n) is 3.60. The molecule has 2 N–H and O–H groups in total. The molecule has 0 aliphatic rings. The average Bonchev–Trinajstić information content (AvgIpc) is 2.61. The molecule has 0 unspecified atom stereocenters. The second-order valence-corrected chi connectivity index (χ2v) is 4.99. The number of aromatic nitrogens is 2. The monoisotopic (exact) mass is 320 g/mol. The summed E-state index contributed by atoms with van der Waals surface area (Å²) in [6.07, 6.45) is 6.13. The van der Waals surface area contributed by atoms with Gasteiger partial charge in [0.2, 0.25) is 0 Å². The van der Waals surface area contributed by atoms with Crippen molar-refractivity contribution in [2.75, 3.05) is 0 Å². The predicted molar refractivity (Wildman–Crippen MR) is 86.8 cm³/mol. The van der Waals surface area contributed by atoms with Crippen LogP contribution in [0.4, 0.5) is 0 Å². The van der Waals surface area contributed by atoms with E-state index in [0.717, 1.165) is 0 Å². The SMILES string of the molecule is O=C(O)c1ccc(C(=O)O)c(-c2ccncc2)c1-c1ccncc1. The van der Waals surface area contributed by atoms with Gasteiger partial charge in [0.05, 0.1) is 11.1 Å². The van der Waals surface area contributed by atoms with Crippen LogP contribution in [-0.2, 0) is 0 Å². The first kappa shape index (κ1) is 15.4. The number of carboxylic acid groups (broad SMARTS) is 2. The Hall–Kier alpha value is -3.54. The standard InChI is InChI=1S/C18H12N2O4/c21-17(22)13-1-2-14(18(23)24)16(12-5-9-20-10-6-12)15(13)11-3-7-19-8-4-11/h1-10H,(H,21,22)(H,23,24). The number of pyridine rings is 2. The third kappa shape index (κ3) is 2.72. The molecule has 0 amide bonds. The quantitative estimate of drug-likeness (QED) is 0.765. The zero-order valence-corrected chi connectivity index (χ0v) is 12.4. The molecule has 6 heteroatoms. The fraction of sp³-hybridized carbons (Fsp3) is 0. The fourth-order valence-electron chi connectivity index (χ4n) is 2.60. The van der Waals surface area contributed by atoms with E-state index in [2.05, 4.69) is 9.97 Å². The van der Waals surface area contributed by atoms with Crippen LogP contribution in [0.2, 0.25) is 0 Å². The zero-order valence-electron chi connectivity index (χ0n) is 12.4. The predicted octanol–water partition coefficient (Wildman–Crippen LogP) is 3.21. The van der Waals surface area contributed by atoms with Gasteiger partial charge in [-0.2, -0.15) is 0 Å². The molecule has 0 spiro atoms. The minimum atomic E-state index is -1.13. The Morgan fingerprint density at radius 2 is 0.958 bits per heavy atom. The smallest absolute Gasteiger partial charge is 0.336 e. The van der Waals surface area contributed by atoms with Crippen molar-refractivity contribution in [1.29, 1.82) is 0 Å². The summed E-state index contributed by atoms with van der Waals surface area (Å²) in [5.41, 5.74) is 1.90. The number of aromatic carboxylic acids is 2. The van der Waals surface area contributed by atoms with E-state index in [1.807, 2.05) is 0 Å². The van der Waals surface area contributed by atoms with E-state index in [9.17, 15) is 19.8 Å². The highest BCUT2D eigenvalue weighted by Crippen LogP contribution is 2.37. The van der Waals surface area contributed by atoms with Crippen LogP contribution in [0.1, 0.15) is 20.7 Å². The van der Waals surface area contributed by atoms with Crippen molar-refractivity contribution in [2.24, 2.45) is 0 Å². The van der Waals surface area contributed by atoms with E-state index < -0.39 is 11.9 Å². The third-order valence-corrected chi connectivity index (χ3v) is 3.60. The van der Waals surface area contributed by atoms with Crippen molar-refractivity contribution in [1.82, 2.24) is 9.97 Å². The molecule has 2 aromatic heterocycles. The minimum absolute atomic E-state index is 0.0259. The Balaban J connectivity index is 2.45. The maximum absolute atomic E-state index is 11.7. The molecule has 6 nitrogen and oxygen atoms in total. The minimum Gasteiger partial charge on any atom is -0.478 e. The Morgan fingerprint density at radius 3 is 1.25 bits per heavy atom. The summed E-state index contributed by atoms with van der Waals surface area (Å²) in [4.78, 5) is 31.2. The highest BCUT2D eigenvalue weighted by Gasteiger charge is 2.23. The average molecular weight is 320 g/mol. The van der Waals surface area contributed by atoms with Gasteiger partial charge in [-0.25, -0.2) is 9.59 Å². The summed E-state index contributed by atoms with van der Waals surface area (Å²) >= 11 is 0. The van der Waals surface area contributed by atoms with Crippen molar-refractivity contribution in [3.63, 3.8) is 0 Å². The molecule has 0 aliphatic heterocycles. The molecule has 1 aromatic carbocycles. The first-order valence-electron chi connectivity index (χ1n) is 7.04. The number of carboxylic acids is 2. The molecule has 0 saturated carbocycles. The molecular weight excluding hydrogens is 308 g/mol. The van der Waals surface area contributed by atoms with E-state index in [1.165, 1.54) is 36.9 Å². The summed E-state index contributed by atoms with van der Waals surface area (Å²) in [6, 6.07) is 9.23. The largest absolute Gasteiger partial charge is 0.478 e. The molecule has 24 heavy (non-hydrogen) atoms. The molecule has 0 aliphatic carbocycles. The van der Waals surface area contributed by atoms with E-state index in [0.29, 0.717) is 22.3 Å². The Labute approximate surface area is 137 Å². The summed E-state index contributed by atoms with van der Waals surface area (Å²) in [5.74, 6) is -2.26. The highest BCUT2D eigenvalue weighted by atomic mass is 16.4. The van der Waals surface area contributed by atoms with Crippen LogP contribution in [0.3, 0.4) is 0 Å². The second-order valence-electron chi connectivity index (χ2n) is 4.99. The molecule has 3 aromatic rings. The molecule has 0 saturated heterocycles. The Morgan fingerprint density at radius 1 is 0.625 bits per heavy atom. The molecular formula is C18H12N2O4. The van der Waals surface area contributed by atoms with Gasteiger partial charge in [-0.05, 0) is 47.5 Å². The Bertz CT molecular complexity index is 833. The number of rotatable bonds is 4. The van der Waals surface area contributed by atoms with Crippen LogP contribution < -0.4 is 0 Å². The van der Waals surface area contributed by atoms with Gasteiger partial charge in [-0.15, -0.1) is 0 Å². The summed E-state index contributed by atoms with van der Waals surface area (Å²) < 4.78 is 0. The maximum atomic E-state index is 11.7. The molecule has 2 heterocycles. The molecule has 118 valence electrons. The van der Waals surface area contributed by atoms with Crippen molar-refractivity contribution < 1.29 is 19.8 Å². The van der Waals surface area contributed by atoms with Gasteiger partial charge in [-0.3, -0.25) is 9.97 Å². The van der Waals surface area contributed by atoms with Crippen LogP contribution >= 0.6 is 0 Å². The van der Waals surface area contributed by atoms with Crippen LogP contribution in [0, 0.1) is 0 Å². The summed E-state index contributed by atoms with van der Waals surface area (Å²) in [6.45, 7) is 0. The van der Waals surface area contributed by atoms with Crippen molar-refractivity contribution in [3.8, 4) is 22.3 Å². The van der Waals surface area contributed by atoms with E-state index in [4.69, 9.17) is 0 Å². The summed E-state index contributed by atoms with van der Waals surface area (Å²) in [5, 5.41) is 19.1. The normalized spacial score (nSPS) is 10.3. The first-order chi connectivity index (χ1) is 11.6. The lowest BCUT2D eigenvalue weighted by Gasteiger charge is -2.16. The highest BCUT2D eigenvalue weighted by molar-refractivity contribution is 6.07. The van der Waals surface area contributed by atoms with Gasteiger partial charge in [-0.1, -0.05) is 0 Å². The topological polar surface area (TPSA) is 100 Å². The van der Waals surface area contributed by atoms with Crippen LogP contribution in [-0.4, -0.2) is 32.1 Å².